The van der Waals surface area contributed by atoms with Crippen LogP contribution in [0.3, 0.4) is 0 Å². The number of nitrogens with zero attached hydrogens (tertiary/aromatic N) is 3. The molecule has 1 aliphatic heterocycles. The third-order valence-electron chi connectivity index (χ3n) is 2.90. The second-order valence-electron chi connectivity index (χ2n) is 5.21. The monoisotopic (exact) mass is 266 g/mol. The Morgan fingerprint density at radius 2 is 2.39 bits per heavy atom. The van der Waals surface area contributed by atoms with Gasteiger partial charge in [-0.15, -0.1) is 0 Å². The van der Waals surface area contributed by atoms with Crippen LogP contribution < -0.4 is 5.32 Å². The Balaban J connectivity index is 1.66. The standard InChI is InChI=1S/C13H22N4S/c1-10(2)6-12-8-15-13(18-12)14-5-4-11-7-16-17(3)9-11/h7,9-10,12H,4-6,8H2,1-3H3,(H,14,15). The van der Waals surface area contributed by atoms with E-state index in [2.05, 4.69) is 35.5 Å². The molecule has 0 saturated heterocycles. The van der Waals surface area contributed by atoms with Gasteiger partial charge < -0.3 is 5.32 Å². The average Bonchev–Trinajstić information content (AvgIpc) is 2.88. The first kappa shape index (κ1) is 13.5. The maximum atomic E-state index is 4.55. The largest absolute Gasteiger partial charge is 0.365 e. The lowest BCUT2D eigenvalue weighted by molar-refractivity contribution is 0.575. The summed E-state index contributed by atoms with van der Waals surface area (Å²) in [6, 6.07) is 0. The van der Waals surface area contributed by atoms with Crippen molar-refractivity contribution in [1.29, 1.82) is 0 Å². The maximum Gasteiger partial charge on any atom is 0.156 e. The SMILES string of the molecule is CC(C)CC1CN=C(NCCc2cnn(C)c2)S1. The molecule has 1 atom stereocenters. The van der Waals surface area contributed by atoms with Gasteiger partial charge in [0.25, 0.3) is 0 Å². The molecule has 100 valence electrons. The quantitative estimate of drug-likeness (QED) is 0.887. The third-order valence-corrected chi connectivity index (χ3v) is 4.07. The number of aryl methyl sites for hydroxylation is 1. The van der Waals surface area contributed by atoms with E-state index in [0.717, 1.165) is 30.6 Å². The number of amidine groups is 1. The molecule has 1 unspecified atom stereocenters. The van der Waals surface area contributed by atoms with E-state index in [1.54, 1.807) is 0 Å². The average molecular weight is 266 g/mol. The first-order valence-electron chi connectivity index (χ1n) is 6.56. The van der Waals surface area contributed by atoms with Gasteiger partial charge in [0.1, 0.15) is 0 Å². The van der Waals surface area contributed by atoms with Crippen LogP contribution in [0.25, 0.3) is 0 Å². The van der Waals surface area contributed by atoms with Crippen molar-refractivity contribution < 1.29 is 0 Å². The lowest BCUT2D eigenvalue weighted by atomic mass is 10.1. The summed E-state index contributed by atoms with van der Waals surface area (Å²) < 4.78 is 1.84. The molecule has 0 spiro atoms. The van der Waals surface area contributed by atoms with Gasteiger partial charge in [-0.2, -0.15) is 5.10 Å². The van der Waals surface area contributed by atoms with Crippen LogP contribution >= 0.6 is 11.8 Å². The molecule has 0 fully saturated rings. The third kappa shape index (κ3) is 4.05. The molecule has 0 aromatic carbocycles. The van der Waals surface area contributed by atoms with Gasteiger partial charge in [0.15, 0.2) is 5.17 Å². The fourth-order valence-electron chi connectivity index (χ4n) is 2.08. The first-order valence-corrected chi connectivity index (χ1v) is 7.44. The predicted octanol–water partition coefficient (Wildman–Crippen LogP) is 2.07. The Labute approximate surface area is 113 Å². The lowest BCUT2D eigenvalue weighted by Gasteiger charge is -2.11. The van der Waals surface area contributed by atoms with E-state index in [9.17, 15) is 0 Å². The van der Waals surface area contributed by atoms with Gasteiger partial charge in [-0.05, 0) is 24.3 Å². The molecule has 0 saturated carbocycles. The zero-order valence-corrected chi connectivity index (χ0v) is 12.2. The van der Waals surface area contributed by atoms with Gasteiger partial charge in [0, 0.05) is 25.0 Å². The minimum absolute atomic E-state index is 0.672. The summed E-state index contributed by atoms with van der Waals surface area (Å²) in [4.78, 5) is 4.55. The minimum atomic E-state index is 0.672. The van der Waals surface area contributed by atoms with Crippen LogP contribution in [0.15, 0.2) is 17.4 Å². The highest BCUT2D eigenvalue weighted by atomic mass is 32.2. The molecule has 0 radical (unpaired) electrons. The van der Waals surface area contributed by atoms with Gasteiger partial charge in [0.05, 0.1) is 12.7 Å². The molecule has 0 aliphatic carbocycles. The molecule has 1 aliphatic rings. The van der Waals surface area contributed by atoms with E-state index in [1.165, 1.54) is 12.0 Å². The normalized spacial score (nSPS) is 19.3. The second kappa shape index (κ2) is 6.27. The highest BCUT2D eigenvalue weighted by molar-refractivity contribution is 8.14. The number of aliphatic imine (C=N–C) groups is 1. The zero-order chi connectivity index (χ0) is 13.0. The number of aromatic nitrogens is 2. The number of rotatable bonds is 5. The first-order chi connectivity index (χ1) is 8.63. The number of hydrogen-bond donors (Lipinski definition) is 1. The van der Waals surface area contributed by atoms with E-state index in [1.807, 2.05) is 29.7 Å². The Hall–Kier alpha value is -0.970. The summed E-state index contributed by atoms with van der Waals surface area (Å²) in [5, 5.41) is 9.37. The molecule has 18 heavy (non-hydrogen) atoms. The molecule has 1 aromatic heterocycles. The smallest absolute Gasteiger partial charge is 0.156 e. The van der Waals surface area contributed by atoms with Crippen molar-refractivity contribution in [1.82, 2.24) is 15.1 Å². The molecule has 2 heterocycles. The van der Waals surface area contributed by atoms with Crippen LogP contribution in [-0.2, 0) is 13.5 Å². The molecule has 0 bridgehead atoms. The van der Waals surface area contributed by atoms with Gasteiger partial charge >= 0.3 is 0 Å². The molecular weight excluding hydrogens is 244 g/mol. The van der Waals surface area contributed by atoms with Crippen molar-refractivity contribution in [3.05, 3.63) is 18.0 Å². The molecule has 2 rings (SSSR count). The van der Waals surface area contributed by atoms with E-state index in [0.29, 0.717) is 5.25 Å². The van der Waals surface area contributed by atoms with Gasteiger partial charge in [-0.3, -0.25) is 9.67 Å². The van der Waals surface area contributed by atoms with Crippen molar-refractivity contribution >= 4 is 16.9 Å². The van der Waals surface area contributed by atoms with E-state index < -0.39 is 0 Å². The highest BCUT2D eigenvalue weighted by Crippen LogP contribution is 2.25. The van der Waals surface area contributed by atoms with Crippen molar-refractivity contribution in [2.24, 2.45) is 18.0 Å². The van der Waals surface area contributed by atoms with Gasteiger partial charge in [0.2, 0.25) is 0 Å². The van der Waals surface area contributed by atoms with Crippen LogP contribution in [0.4, 0.5) is 0 Å². The molecule has 0 amide bonds. The van der Waals surface area contributed by atoms with Crippen molar-refractivity contribution in [2.45, 2.75) is 31.9 Å². The number of hydrogen-bond acceptors (Lipinski definition) is 4. The summed E-state index contributed by atoms with van der Waals surface area (Å²) in [5.41, 5.74) is 1.27. The molecule has 1 aromatic rings. The maximum absolute atomic E-state index is 4.55. The van der Waals surface area contributed by atoms with E-state index in [4.69, 9.17) is 0 Å². The van der Waals surface area contributed by atoms with E-state index in [-0.39, 0.29) is 0 Å². The summed E-state index contributed by atoms with van der Waals surface area (Å²) >= 11 is 1.90. The Morgan fingerprint density at radius 1 is 1.56 bits per heavy atom. The molecule has 5 heteroatoms. The number of thioether (sulfide) groups is 1. The fraction of sp³-hybridized carbons (Fsp3) is 0.692. The predicted molar refractivity (Wildman–Crippen MR) is 78.1 cm³/mol. The highest BCUT2D eigenvalue weighted by Gasteiger charge is 2.19. The zero-order valence-electron chi connectivity index (χ0n) is 11.4. The van der Waals surface area contributed by atoms with Crippen molar-refractivity contribution in [3.63, 3.8) is 0 Å². The molecule has 4 nitrogen and oxygen atoms in total. The van der Waals surface area contributed by atoms with E-state index >= 15 is 0 Å². The van der Waals surface area contributed by atoms with Crippen LogP contribution in [-0.4, -0.2) is 33.3 Å². The minimum Gasteiger partial charge on any atom is -0.365 e. The Kier molecular flexibility index (Phi) is 4.69. The Bertz CT molecular complexity index is 411. The summed E-state index contributed by atoms with van der Waals surface area (Å²) in [5.74, 6) is 0.757. The second-order valence-corrected chi connectivity index (χ2v) is 6.50. The molecular formula is C13H22N4S. The van der Waals surface area contributed by atoms with Crippen molar-refractivity contribution in [2.75, 3.05) is 13.1 Å². The molecule has 1 N–H and O–H groups in total. The van der Waals surface area contributed by atoms with Crippen molar-refractivity contribution in [3.8, 4) is 0 Å². The number of nitrogens with one attached hydrogen (secondary N) is 1. The van der Waals surface area contributed by atoms with Crippen LogP contribution in [0, 0.1) is 5.92 Å². The summed E-state index contributed by atoms with van der Waals surface area (Å²) in [7, 11) is 1.95. The van der Waals surface area contributed by atoms with Gasteiger partial charge in [-0.25, -0.2) is 0 Å². The van der Waals surface area contributed by atoms with Crippen LogP contribution in [0.2, 0.25) is 0 Å². The lowest BCUT2D eigenvalue weighted by Crippen LogP contribution is -2.22. The van der Waals surface area contributed by atoms with Gasteiger partial charge in [-0.1, -0.05) is 25.6 Å². The fourth-order valence-corrected chi connectivity index (χ4v) is 3.36. The van der Waals surface area contributed by atoms with Crippen LogP contribution in [0.5, 0.6) is 0 Å². The Morgan fingerprint density at radius 3 is 3.06 bits per heavy atom. The summed E-state index contributed by atoms with van der Waals surface area (Å²) in [6.45, 7) is 6.45. The topological polar surface area (TPSA) is 42.2 Å². The summed E-state index contributed by atoms with van der Waals surface area (Å²) in [6.07, 6.45) is 6.24. The van der Waals surface area contributed by atoms with Crippen LogP contribution in [0.1, 0.15) is 25.8 Å².